The fraction of sp³-hybridized carbons (Fsp3) is 0.381. The fourth-order valence-electron chi connectivity index (χ4n) is 3.17. The van der Waals surface area contributed by atoms with Crippen LogP contribution < -0.4 is 5.32 Å². The van der Waals surface area contributed by atoms with Gasteiger partial charge in [0.15, 0.2) is 0 Å². The van der Waals surface area contributed by atoms with Crippen LogP contribution in [0.1, 0.15) is 18.5 Å². The Balaban J connectivity index is 1.63. The lowest BCUT2D eigenvalue weighted by Gasteiger charge is -2.35. The second-order valence-electron chi connectivity index (χ2n) is 6.68. The molecule has 1 N–H and O–H groups in total. The zero-order valence-electron chi connectivity index (χ0n) is 15.7. The first kappa shape index (κ1) is 21.1. The van der Waals surface area contributed by atoms with Gasteiger partial charge in [-0.2, -0.15) is 0 Å². The first-order valence-electron chi connectivity index (χ1n) is 9.30. The molecular weight excluding hydrogens is 399 g/mol. The van der Waals surface area contributed by atoms with E-state index < -0.39 is 0 Å². The average molecular weight is 423 g/mol. The van der Waals surface area contributed by atoms with Crippen LogP contribution in [0, 0.1) is 5.82 Å². The molecule has 0 radical (unpaired) electrons. The van der Waals surface area contributed by atoms with E-state index in [1.54, 1.807) is 6.07 Å². The van der Waals surface area contributed by atoms with Gasteiger partial charge in [-0.25, -0.2) is 4.39 Å². The SMILES string of the molecule is CC(Sc1ccc(Cl)cc1)C(=O)NCC(c1cccc(F)c1)N1CCOCC1. The van der Waals surface area contributed by atoms with Crippen LogP contribution >= 0.6 is 23.4 Å². The van der Waals surface area contributed by atoms with E-state index in [-0.39, 0.29) is 23.0 Å². The van der Waals surface area contributed by atoms with Crippen molar-refractivity contribution in [2.24, 2.45) is 0 Å². The van der Waals surface area contributed by atoms with Crippen molar-refractivity contribution in [2.75, 3.05) is 32.8 Å². The predicted octanol–water partition coefficient (Wildman–Crippen LogP) is 4.15. The lowest BCUT2D eigenvalue weighted by molar-refractivity contribution is -0.120. The zero-order chi connectivity index (χ0) is 19.9. The Kier molecular flexibility index (Phi) is 7.73. The molecule has 7 heteroatoms. The molecule has 1 aliphatic rings. The molecule has 1 fully saturated rings. The second-order valence-corrected chi connectivity index (χ2v) is 8.53. The summed E-state index contributed by atoms with van der Waals surface area (Å²) in [7, 11) is 0. The van der Waals surface area contributed by atoms with Gasteiger partial charge < -0.3 is 10.1 Å². The summed E-state index contributed by atoms with van der Waals surface area (Å²) in [5.41, 5.74) is 0.861. The van der Waals surface area contributed by atoms with E-state index in [0.717, 1.165) is 23.5 Å². The zero-order valence-corrected chi connectivity index (χ0v) is 17.3. The molecule has 4 nitrogen and oxygen atoms in total. The first-order chi connectivity index (χ1) is 13.5. The van der Waals surface area contributed by atoms with Gasteiger partial charge in [0.25, 0.3) is 0 Å². The number of carbonyl (C=O) groups excluding carboxylic acids is 1. The topological polar surface area (TPSA) is 41.6 Å². The summed E-state index contributed by atoms with van der Waals surface area (Å²) < 4.78 is 19.2. The van der Waals surface area contributed by atoms with Crippen molar-refractivity contribution < 1.29 is 13.9 Å². The highest BCUT2D eigenvalue weighted by Crippen LogP contribution is 2.26. The van der Waals surface area contributed by atoms with Crippen LogP contribution in [0.3, 0.4) is 0 Å². The van der Waals surface area contributed by atoms with Gasteiger partial charge in [0.1, 0.15) is 5.82 Å². The van der Waals surface area contributed by atoms with Crippen molar-refractivity contribution in [3.63, 3.8) is 0 Å². The number of thioether (sulfide) groups is 1. The summed E-state index contributed by atoms with van der Waals surface area (Å²) in [6.07, 6.45) is 0. The third kappa shape index (κ3) is 5.95. The maximum absolute atomic E-state index is 13.7. The number of nitrogens with zero attached hydrogens (tertiary/aromatic N) is 1. The van der Waals surface area contributed by atoms with Crippen LogP contribution in [0.5, 0.6) is 0 Å². The molecule has 150 valence electrons. The van der Waals surface area contributed by atoms with Gasteiger partial charge >= 0.3 is 0 Å². The third-order valence-electron chi connectivity index (χ3n) is 4.69. The van der Waals surface area contributed by atoms with Crippen molar-refractivity contribution in [1.82, 2.24) is 10.2 Å². The number of rotatable bonds is 7. The van der Waals surface area contributed by atoms with Crippen molar-refractivity contribution in [1.29, 1.82) is 0 Å². The highest BCUT2D eigenvalue weighted by atomic mass is 35.5. The fourth-order valence-corrected chi connectivity index (χ4v) is 4.19. The van der Waals surface area contributed by atoms with Crippen molar-refractivity contribution in [3.05, 3.63) is 64.9 Å². The van der Waals surface area contributed by atoms with Crippen LogP contribution in [0.15, 0.2) is 53.4 Å². The van der Waals surface area contributed by atoms with E-state index in [1.165, 1.54) is 23.9 Å². The standard InChI is InChI=1S/C21H24ClFN2O2S/c1-15(28-19-7-5-17(22)6-8-19)21(26)24-14-20(25-9-11-27-12-10-25)16-3-2-4-18(23)13-16/h2-8,13,15,20H,9-12,14H2,1H3,(H,24,26). The Hall–Kier alpha value is -1.60. The number of halogens is 2. The average Bonchev–Trinajstić information content (AvgIpc) is 2.70. The molecule has 1 amide bonds. The van der Waals surface area contributed by atoms with E-state index in [9.17, 15) is 9.18 Å². The molecule has 0 saturated carbocycles. The van der Waals surface area contributed by atoms with Crippen LogP contribution in [0.25, 0.3) is 0 Å². The largest absolute Gasteiger partial charge is 0.379 e. The summed E-state index contributed by atoms with van der Waals surface area (Å²) in [4.78, 5) is 15.8. The molecule has 1 heterocycles. The molecular formula is C21H24ClFN2O2S. The van der Waals surface area contributed by atoms with E-state index >= 15 is 0 Å². The number of carbonyl (C=O) groups is 1. The van der Waals surface area contributed by atoms with E-state index in [2.05, 4.69) is 10.2 Å². The molecule has 0 aliphatic carbocycles. The van der Waals surface area contributed by atoms with Crippen LogP contribution in [-0.2, 0) is 9.53 Å². The minimum absolute atomic E-state index is 0.0467. The van der Waals surface area contributed by atoms with Crippen LogP contribution in [0.4, 0.5) is 4.39 Å². The number of benzene rings is 2. The smallest absolute Gasteiger partial charge is 0.233 e. The van der Waals surface area contributed by atoms with Crippen molar-refractivity contribution in [3.8, 4) is 0 Å². The molecule has 28 heavy (non-hydrogen) atoms. The monoisotopic (exact) mass is 422 g/mol. The van der Waals surface area contributed by atoms with Crippen molar-refractivity contribution in [2.45, 2.75) is 23.1 Å². The number of hydrogen-bond donors (Lipinski definition) is 1. The van der Waals surface area contributed by atoms with Gasteiger partial charge in [-0.1, -0.05) is 23.7 Å². The van der Waals surface area contributed by atoms with Crippen LogP contribution in [0.2, 0.25) is 5.02 Å². The summed E-state index contributed by atoms with van der Waals surface area (Å²) in [5, 5.41) is 3.46. The summed E-state index contributed by atoms with van der Waals surface area (Å²) in [6, 6.07) is 13.9. The molecule has 1 aliphatic heterocycles. The predicted molar refractivity (Wildman–Crippen MR) is 111 cm³/mol. The number of hydrogen-bond acceptors (Lipinski definition) is 4. The highest BCUT2D eigenvalue weighted by molar-refractivity contribution is 8.00. The molecule has 2 atom stereocenters. The molecule has 2 aromatic rings. The molecule has 0 aromatic heterocycles. The summed E-state index contributed by atoms with van der Waals surface area (Å²) >= 11 is 7.39. The van der Waals surface area contributed by atoms with E-state index in [1.807, 2.05) is 37.3 Å². The molecule has 0 bridgehead atoms. The lowest BCUT2D eigenvalue weighted by atomic mass is 10.0. The quantitative estimate of drug-likeness (QED) is 0.680. The summed E-state index contributed by atoms with van der Waals surface area (Å²) in [5.74, 6) is -0.316. The Morgan fingerprint density at radius 1 is 1.25 bits per heavy atom. The van der Waals surface area contributed by atoms with Gasteiger partial charge in [-0.05, 0) is 48.9 Å². The first-order valence-corrected chi connectivity index (χ1v) is 10.6. The number of ether oxygens (including phenoxy) is 1. The Labute approximate surface area is 174 Å². The van der Waals surface area contributed by atoms with Crippen molar-refractivity contribution >= 4 is 29.3 Å². The molecule has 0 spiro atoms. The van der Waals surface area contributed by atoms with E-state index in [0.29, 0.717) is 24.8 Å². The van der Waals surface area contributed by atoms with E-state index in [4.69, 9.17) is 16.3 Å². The second kappa shape index (κ2) is 10.3. The Morgan fingerprint density at radius 3 is 2.64 bits per heavy atom. The summed E-state index contributed by atoms with van der Waals surface area (Å²) in [6.45, 7) is 5.10. The van der Waals surface area contributed by atoms with Gasteiger partial charge in [0.05, 0.1) is 24.5 Å². The number of morpholine rings is 1. The number of amides is 1. The Morgan fingerprint density at radius 2 is 1.96 bits per heavy atom. The Bertz CT molecular complexity index is 784. The van der Waals surface area contributed by atoms with Gasteiger partial charge in [0.2, 0.25) is 5.91 Å². The van der Waals surface area contributed by atoms with Gasteiger partial charge in [0, 0.05) is 29.6 Å². The minimum Gasteiger partial charge on any atom is -0.379 e. The van der Waals surface area contributed by atoms with Gasteiger partial charge in [-0.3, -0.25) is 9.69 Å². The minimum atomic E-state index is -0.270. The normalized spacial score (nSPS) is 17.1. The van der Waals surface area contributed by atoms with Crippen LogP contribution in [-0.4, -0.2) is 48.9 Å². The van der Waals surface area contributed by atoms with Gasteiger partial charge in [-0.15, -0.1) is 11.8 Å². The molecule has 2 unspecified atom stereocenters. The molecule has 1 saturated heterocycles. The maximum atomic E-state index is 13.7. The maximum Gasteiger partial charge on any atom is 0.233 e. The molecule has 3 rings (SSSR count). The third-order valence-corrected chi connectivity index (χ3v) is 6.05. The lowest BCUT2D eigenvalue weighted by Crippen LogP contribution is -2.44. The highest BCUT2D eigenvalue weighted by Gasteiger charge is 2.24. The number of nitrogens with one attached hydrogen (secondary N) is 1. The molecule has 2 aromatic carbocycles.